The number of ether oxygens (including phenoxy) is 1. The molecule has 0 aliphatic heterocycles. The quantitative estimate of drug-likeness (QED) is 0.805. The normalized spacial score (nSPS) is 11.6. The number of nitriles is 1. The van der Waals surface area contributed by atoms with E-state index in [2.05, 4.69) is 10.3 Å². The van der Waals surface area contributed by atoms with Crippen LogP contribution in [-0.4, -0.2) is 29.3 Å². The first kappa shape index (κ1) is 15.0. The maximum absolute atomic E-state index is 9.84. The van der Waals surface area contributed by atoms with Gasteiger partial charge in [-0.05, 0) is 30.3 Å². The molecule has 1 aromatic heterocycles. The van der Waals surface area contributed by atoms with Crippen molar-refractivity contribution in [3.63, 3.8) is 0 Å². The molecule has 2 aromatic rings. The van der Waals surface area contributed by atoms with Gasteiger partial charge in [0.1, 0.15) is 18.5 Å². The number of nitrogens with zero attached hydrogens (tertiary/aromatic N) is 2. The maximum atomic E-state index is 9.84. The van der Waals surface area contributed by atoms with Crippen LogP contribution in [0.3, 0.4) is 0 Å². The summed E-state index contributed by atoms with van der Waals surface area (Å²) < 4.78 is 5.46. The predicted octanol–water partition coefficient (Wildman–Crippen LogP) is 1.48. The van der Waals surface area contributed by atoms with E-state index in [0.717, 1.165) is 5.69 Å². The van der Waals surface area contributed by atoms with E-state index in [1.165, 1.54) is 0 Å². The summed E-state index contributed by atoms with van der Waals surface area (Å²) >= 11 is 0. The van der Waals surface area contributed by atoms with E-state index in [4.69, 9.17) is 10.00 Å². The Morgan fingerprint density at radius 3 is 2.95 bits per heavy atom. The van der Waals surface area contributed by atoms with Crippen LogP contribution in [0.5, 0.6) is 5.75 Å². The van der Waals surface area contributed by atoms with Crippen LogP contribution in [0.1, 0.15) is 11.3 Å². The molecule has 0 aliphatic rings. The molecule has 2 N–H and O–H groups in total. The maximum Gasteiger partial charge on any atom is 0.120 e. The van der Waals surface area contributed by atoms with E-state index in [1.807, 2.05) is 24.3 Å². The Morgan fingerprint density at radius 2 is 2.19 bits per heavy atom. The van der Waals surface area contributed by atoms with E-state index < -0.39 is 6.10 Å². The molecule has 1 unspecified atom stereocenters. The molecule has 5 nitrogen and oxygen atoms in total. The molecule has 0 saturated carbocycles. The highest BCUT2D eigenvalue weighted by molar-refractivity contribution is 5.36. The molecule has 0 radical (unpaired) electrons. The summed E-state index contributed by atoms with van der Waals surface area (Å²) in [6, 6.07) is 14.6. The smallest absolute Gasteiger partial charge is 0.120 e. The second-order valence-corrected chi connectivity index (χ2v) is 4.56. The van der Waals surface area contributed by atoms with Crippen LogP contribution in [0.15, 0.2) is 48.7 Å². The van der Waals surface area contributed by atoms with Gasteiger partial charge in [-0.3, -0.25) is 4.98 Å². The van der Waals surface area contributed by atoms with Gasteiger partial charge in [0.2, 0.25) is 0 Å². The van der Waals surface area contributed by atoms with Crippen molar-refractivity contribution >= 4 is 0 Å². The number of aliphatic hydroxyl groups excluding tert-OH is 1. The van der Waals surface area contributed by atoms with Crippen molar-refractivity contribution in [3.8, 4) is 11.8 Å². The van der Waals surface area contributed by atoms with E-state index in [9.17, 15) is 5.11 Å². The first-order chi connectivity index (χ1) is 10.3. The molecule has 0 bridgehead atoms. The molecule has 0 spiro atoms. The van der Waals surface area contributed by atoms with E-state index in [0.29, 0.717) is 24.4 Å². The van der Waals surface area contributed by atoms with Gasteiger partial charge in [-0.15, -0.1) is 0 Å². The van der Waals surface area contributed by atoms with Crippen molar-refractivity contribution in [2.24, 2.45) is 0 Å². The van der Waals surface area contributed by atoms with Crippen LogP contribution in [0.4, 0.5) is 0 Å². The second-order valence-electron chi connectivity index (χ2n) is 4.56. The lowest BCUT2D eigenvalue weighted by atomic mass is 10.2. The fourth-order valence-electron chi connectivity index (χ4n) is 1.78. The van der Waals surface area contributed by atoms with Crippen LogP contribution >= 0.6 is 0 Å². The zero-order chi connectivity index (χ0) is 14.9. The molecule has 21 heavy (non-hydrogen) atoms. The zero-order valence-electron chi connectivity index (χ0n) is 11.6. The van der Waals surface area contributed by atoms with Gasteiger partial charge in [0.15, 0.2) is 0 Å². The van der Waals surface area contributed by atoms with Crippen molar-refractivity contribution in [2.45, 2.75) is 12.6 Å². The summed E-state index contributed by atoms with van der Waals surface area (Å²) in [5.41, 5.74) is 1.46. The Kier molecular flexibility index (Phi) is 5.71. The van der Waals surface area contributed by atoms with Crippen molar-refractivity contribution < 1.29 is 9.84 Å². The van der Waals surface area contributed by atoms with Gasteiger partial charge in [-0.1, -0.05) is 12.1 Å². The fourth-order valence-corrected chi connectivity index (χ4v) is 1.78. The third kappa shape index (κ3) is 5.22. The summed E-state index contributed by atoms with van der Waals surface area (Å²) in [6.07, 6.45) is 1.11. The molecule has 2 rings (SSSR count). The molecule has 0 aliphatic carbocycles. The van der Waals surface area contributed by atoms with E-state index in [1.54, 1.807) is 30.5 Å². The van der Waals surface area contributed by atoms with Crippen LogP contribution < -0.4 is 10.1 Å². The summed E-state index contributed by atoms with van der Waals surface area (Å²) in [6.45, 7) is 1.18. The standard InChI is InChI=1S/C16H17N3O2/c17-9-13-4-3-6-16(8-13)21-12-15(20)11-18-10-14-5-1-2-7-19-14/h1-8,15,18,20H,10-12H2. The monoisotopic (exact) mass is 283 g/mol. The largest absolute Gasteiger partial charge is 0.491 e. The molecule has 5 heteroatoms. The van der Waals surface area contributed by atoms with Crippen LogP contribution in [0.2, 0.25) is 0 Å². The number of rotatable bonds is 7. The fraction of sp³-hybridized carbons (Fsp3) is 0.250. The molecule has 0 saturated heterocycles. The number of benzene rings is 1. The molecular weight excluding hydrogens is 266 g/mol. The number of nitrogens with one attached hydrogen (secondary N) is 1. The predicted molar refractivity (Wildman–Crippen MR) is 78.6 cm³/mol. The van der Waals surface area contributed by atoms with Crippen molar-refractivity contribution in [1.82, 2.24) is 10.3 Å². The summed E-state index contributed by atoms with van der Waals surface area (Å²) in [7, 11) is 0. The molecule has 0 amide bonds. The second kappa shape index (κ2) is 8.00. The van der Waals surface area contributed by atoms with Gasteiger partial charge in [0, 0.05) is 19.3 Å². The molecule has 0 fully saturated rings. The zero-order valence-corrected chi connectivity index (χ0v) is 11.6. The average molecular weight is 283 g/mol. The minimum absolute atomic E-state index is 0.171. The SMILES string of the molecule is N#Cc1cccc(OCC(O)CNCc2ccccn2)c1. The third-order valence-corrected chi connectivity index (χ3v) is 2.82. The highest BCUT2D eigenvalue weighted by Crippen LogP contribution is 2.12. The molecular formula is C16H17N3O2. The number of aromatic nitrogens is 1. The number of hydrogen-bond acceptors (Lipinski definition) is 5. The first-order valence-corrected chi connectivity index (χ1v) is 6.69. The van der Waals surface area contributed by atoms with Crippen LogP contribution in [-0.2, 0) is 6.54 Å². The highest BCUT2D eigenvalue weighted by atomic mass is 16.5. The molecule has 108 valence electrons. The van der Waals surface area contributed by atoms with Gasteiger partial charge in [-0.25, -0.2) is 0 Å². The minimum Gasteiger partial charge on any atom is -0.491 e. The average Bonchev–Trinajstić information content (AvgIpc) is 2.54. The highest BCUT2D eigenvalue weighted by Gasteiger charge is 2.05. The lowest BCUT2D eigenvalue weighted by Gasteiger charge is -2.13. The van der Waals surface area contributed by atoms with Crippen LogP contribution in [0.25, 0.3) is 0 Å². The van der Waals surface area contributed by atoms with Gasteiger partial charge >= 0.3 is 0 Å². The van der Waals surface area contributed by atoms with Crippen molar-refractivity contribution in [1.29, 1.82) is 5.26 Å². The van der Waals surface area contributed by atoms with E-state index >= 15 is 0 Å². The van der Waals surface area contributed by atoms with Crippen LogP contribution in [0, 0.1) is 11.3 Å². The molecule has 1 heterocycles. The van der Waals surface area contributed by atoms with Gasteiger partial charge in [0.25, 0.3) is 0 Å². The first-order valence-electron chi connectivity index (χ1n) is 6.69. The molecule has 1 aromatic carbocycles. The Balaban J connectivity index is 1.70. The van der Waals surface area contributed by atoms with Crippen molar-refractivity contribution in [3.05, 3.63) is 59.9 Å². The minimum atomic E-state index is -0.626. The lowest BCUT2D eigenvalue weighted by molar-refractivity contribution is 0.106. The number of hydrogen-bond donors (Lipinski definition) is 2. The molecule has 1 atom stereocenters. The summed E-state index contributed by atoms with van der Waals surface area (Å²) in [4.78, 5) is 4.18. The summed E-state index contributed by atoms with van der Waals surface area (Å²) in [5, 5.41) is 21.8. The van der Waals surface area contributed by atoms with Gasteiger partial charge in [-0.2, -0.15) is 5.26 Å². The topological polar surface area (TPSA) is 78.2 Å². The Morgan fingerprint density at radius 1 is 1.29 bits per heavy atom. The Labute approximate surface area is 123 Å². The Hall–Kier alpha value is -2.42. The van der Waals surface area contributed by atoms with Gasteiger partial charge < -0.3 is 15.2 Å². The van der Waals surface area contributed by atoms with E-state index in [-0.39, 0.29) is 6.61 Å². The Bertz CT molecular complexity index is 596. The number of pyridine rings is 1. The third-order valence-electron chi connectivity index (χ3n) is 2.82. The lowest BCUT2D eigenvalue weighted by Crippen LogP contribution is -2.31. The van der Waals surface area contributed by atoms with Gasteiger partial charge in [0.05, 0.1) is 17.3 Å². The number of aliphatic hydroxyl groups is 1. The summed E-state index contributed by atoms with van der Waals surface area (Å²) in [5.74, 6) is 0.581. The van der Waals surface area contributed by atoms with Crippen molar-refractivity contribution in [2.75, 3.05) is 13.2 Å².